The molecule has 1 unspecified atom stereocenters. The predicted octanol–water partition coefficient (Wildman–Crippen LogP) is 3.08. The van der Waals surface area contributed by atoms with E-state index in [1.165, 1.54) is 5.56 Å². The van der Waals surface area contributed by atoms with Gasteiger partial charge in [0.15, 0.2) is 0 Å². The minimum absolute atomic E-state index is 0.00429. The first kappa shape index (κ1) is 14.6. The molecule has 0 fully saturated rings. The summed E-state index contributed by atoms with van der Waals surface area (Å²) in [4.78, 5) is 12.2. The number of fused-ring (bicyclic) bond motifs is 2. The quantitative estimate of drug-likeness (QED) is 0.693. The zero-order valence-electron chi connectivity index (χ0n) is 13.1. The van der Waals surface area contributed by atoms with Crippen LogP contribution in [0.1, 0.15) is 12.0 Å². The summed E-state index contributed by atoms with van der Waals surface area (Å²) in [6, 6.07) is 13.4. The molecule has 3 N–H and O–H groups in total. The van der Waals surface area contributed by atoms with Gasteiger partial charge in [-0.05, 0) is 36.6 Å². The third-order valence-corrected chi connectivity index (χ3v) is 4.23. The number of aromatic nitrogens is 2. The average Bonchev–Trinajstić information content (AvgIpc) is 3.10. The number of anilines is 1. The molecule has 0 saturated carbocycles. The van der Waals surface area contributed by atoms with Crippen molar-refractivity contribution in [2.45, 2.75) is 18.9 Å². The standard InChI is InChI=1S/C18H18N4O2/c23-18(21-15-5-3-6-16-14(15)11-20-22-16)19-10-13-9-8-12-4-1-2-7-17(12)24-13/h1-7,11,13H,8-10H2,(H,20,22)(H2,19,21,23). The number of amides is 2. The summed E-state index contributed by atoms with van der Waals surface area (Å²) in [6.45, 7) is 0.474. The van der Waals surface area contributed by atoms with Gasteiger partial charge in [0.25, 0.3) is 0 Å². The van der Waals surface area contributed by atoms with Crippen LogP contribution in [0, 0.1) is 0 Å². The number of carbonyl (C=O) groups excluding carboxylic acids is 1. The molecule has 0 saturated heterocycles. The summed E-state index contributed by atoms with van der Waals surface area (Å²) >= 11 is 0. The molecule has 1 aliphatic heterocycles. The highest BCUT2D eigenvalue weighted by Gasteiger charge is 2.19. The number of carbonyl (C=O) groups is 1. The third kappa shape index (κ3) is 2.90. The molecule has 24 heavy (non-hydrogen) atoms. The van der Waals surface area contributed by atoms with Gasteiger partial charge in [0, 0.05) is 5.39 Å². The molecule has 1 aliphatic rings. The fourth-order valence-corrected chi connectivity index (χ4v) is 2.97. The highest BCUT2D eigenvalue weighted by atomic mass is 16.5. The van der Waals surface area contributed by atoms with Crippen molar-refractivity contribution >= 4 is 22.6 Å². The maximum Gasteiger partial charge on any atom is 0.319 e. The minimum atomic E-state index is -0.244. The molecule has 2 heterocycles. The van der Waals surface area contributed by atoms with Crippen molar-refractivity contribution in [3.8, 4) is 5.75 Å². The zero-order valence-corrected chi connectivity index (χ0v) is 13.1. The average molecular weight is 322 g/mol. The maximum absolute atomic E-state index is 12.2. The lowest BCUT2D eigenvalue weighted by Crippen LogP contribution is -2.39. The lowest BCUT2D eigenvalue weighted by Gasteiger charge is -2.26. The lowest BCUT2D eigenvalue weighted by molar-refractivity contribution is 0.171. The van der Waals surface area contributed by atoms with E-state index in [1.54, 1.807) is 6.20 Å². The van der Waals surface area contributed by atoms with Crippen LogP contribution in [0.5, 0.6) is 5.75 Å². The van der Waals surface area contributed by atoms with E-state index in [2.05, 4.69) is 26.9 Å². The molecule has 0 aliphatic carbocycles. The van der Waals surface area contributed by atoms with Crippen molar-refractivity contribution in [1.29, 1.82) is 0 Å². The Kier molecular flexibility index (Phi) is 3.78. The number of ether oxygens (including phenoxy) is 1. The molecule has 6 heteroatoms. The number of benzene rings is 2. The molecule has 122 valence electrons. The van der Waals surface area contributed by atoms with Crippen molar-refractivity contribution in [3.63, 3.8) is 0 Å². The largest absolute Gasteiger partial charge is 0.488 e. The molecule has 4 rings (SSSR count). The Bertz CT molecular complexity index is 874. The van der Waals surface area contributed by atoms with Gasteiger partial charge in [-0.25, -0.2) is 4.79 Å². The van der Waals surface area contributed by atoms with Crippen molar-refractivity contribution in [2.75, 3.05) is 11.9 Å². The smallest absolute Gasteiger partial charge is 0.319 e. The summed E-state index contributed by atoms with van der Waals surface area (Å²) in [5.74, 6) is 0.916. The van der Waals surface area contributed by atoms with E-state index in [0.29, 0.717) is 6.54 Å². The van der Waals surface area contributed by atoms with Gasteiger partial charge in [-0.3, -0.25) is 5.10 Å². The van der Waals surface area contributed by atoms with Crippen LogP contribution in [0.4, 0.5) is 10.5 Å². The number of para-hydroxylation sites is 1. The molecule has 2 amide bonds. The van der Waals surface area contributed by atoms with Gasteiger partial charge in [0.2, 0.25) is 0 Å². The van der Waals surface area contributed by atoms with Crippen LogP contribution in [0.15, 0.2) is 48.7 Å². The second kappa shape index (κ2) is 6.23. The Morgan fingerprint density at radius 1 is 1.25 bits per heavy atom. The highest BCUT2D eigenvalue weighted by molar-refractivity contribution is 6.00. The highest BCUT2D eigenvalue weighted by Crippen LogP contribution is 2.26. The monoisotopic (exact) mass is 322 g/mol. The minimum Gasteiger partial charge on any atom is -0.488 e. The number of nitrogens with zero attached hydrogens (tertiary/aromatic N) is 1. The Morgan fingerprint density at radius 3 is 3.12 bits per heavy atom. The van der Waals surface area contributed by atoms with Crippen LogP contribution in [0.2, 0.25) is 0 Å². The van der Waals surface area contributed by atoms with E-state index in [1.807, 2.05) is 36.4 Å². The molecule has 0 spiro atoms. The number of H-pyrrole nitrogens is 1. The maximum atomic E-state index is 12.2. The number of aryl methyl sites for hydroxylation is 1. The van der Waals surface area contributed by atoms with Gasteiger partial charge in [-0.2, -0.15) is 5.10 Å². The summed E-state index contributed by atoms with van der Waals surface area (Å²) in [5, 5.41) is 13.5. The molecule has 1 aromatic heterocycles. The predicted molar refractivity (Wildman–Crippen MR) is 92.3 cm³/mol. The van der Waals surface area contributed by atoms with Gasteiger partial charge >= 0.3 is 6.03 Å². The number of rotatable bonds is 3. The number of urea groups is 1. The number of hydrogen-bond donors (Lipinski definition) is 3. The van der Waals surface area contributed by atoms with Crippen molar-refractivity contribution in [2.24, 2.45) is 0 Å². The first-order chi connectivity index (χ1) is 11.8. The van der Waals surface area contributed by atoms with Crippen molar-refractivity contribution in [3.05, 3.63) is 54.2 Å². The fourth-order valence-electron chi connectivity index (χ4n) is 2.97. The van der Waals surface area contributed by atoms with Gasteiger partial charge in [-0.1, -0.05) is 24.3 Å². The van der Waals surface area contributed by atoms with Crippen molar-refractivity contribution in [1.82, 2.24) is 15.5 Å². The van der Waals surface area contributed by atoms with Crippen LogP contribution in [0.25, 0.3) is 10.9 Å². The second-order valence-electron chi connectivity index (χ2n) is 5.86. The number of hydrogen-bond acceptors (Lipinski definition) is 3. The SMILES string of the molecule is O=C(NCC1CCc2ccccc2O1)Nc1cccc2[nH]ncc12. The van der Waals surface area contributed by atoms with Crippen LogP contribution in [0.3, 0.4) is 0 Å². The molecule has 6 nitrogen and oxygen atoms in total. The molecular formula is C18H18N4O2. The summed E-state index contributed by atoms with van der Waals surface area (Å²) in [6.07, 6.45) is 3.56. The fraction of sp³-hybridized carbons (Fsp3) is 0.222. The van der Waals surface area contributed by atoms with E-state index in [-0.39, 0.29) is 12.1 Å². The lowest BCUT2D eigenvalue weighted by atomic mass is 10.0. The topological polar surface area (TPSA) is 79.0 Å². The Morgan fingerprint density at radius 2 is 2.17 bits per heavy atom. The van der Waals surface area contributed by atoms with Gasteiger partial charge in [0.05, 0.1) is 23.9 Å². The van der Waals surface area contributed by atoms with Crippen LogP contribution in [-0.4, -0.2) is 28.9 Å². The Labute approximate surface area is 139 Å². The first-order valence-electron chi connectivity index (χ1n) is 8.01. The van der Waals surface area contributed by atoms with E-state index >= 15 is 0 Å². The van der Waals surface area contributed by atoms with Crippen LogP contribution < -0.4 is 15.4 Å². The number of aromatic amines is 1. The van der Waals surface area contributed by atoms with E-state index in [0.717, 1.165) is 35.2 Å². The molecule has 1 atom stereocenters. The zero-order chi connectivity index (χ0) is 16.4. The Hall–Kier alpha value is -3.02. The van der Waals surface area contributed by atoms with Crippen molar-refractivity contribution < 1.29 is 9.53 Å². The molecule has 0 bridgehead atoms. The third-order valence-electron chi connectivity index (χ3n) is 4.23. The van der Waals surface area contributed by atoms with Gasteiger partial charge in [0.1, 0.15) is 11.9 Å². The molecule has 2 aromatic carbocycles. The second-order valence-corrected chi connectivity index (χ2v) is 5.86. The molecule has 3 aromatic rings. The summed E-state index contributed by atoms with van der Waals surface area (Å²) in [7, 11) is 0. The van der Waals surface area contributed by atoms with Gasteiger partial charge in [-0.15, -0.1) is 0 Å². The summed E-state index contributed by atoms with van der Waals surface area (Å²) in [5.41, 5.74) is 2.85. The molecular weight excluding hydrogens is 304 g/mol. The first-order valence-corrected chi connectivity index (χ1v) is 8.01. The van der Waals surface area contributed by atoms with E-state index in [9.17, 15) is 4.79 Å². The Balaban J connectivity index is 1.35. The number of nitrogens with one attached hydrogen (secondary N) is 3. The normalized spacial score (nSPS) is 16.2. The van der Waals surface area contributed by atoms with Crippen LogP contribution in [-0.2, 0) is 6.42 Å². The van der Waals surface area contributed by atoms with E-state index < -0.39 is 0 Å². The van der Waals surface area contributed by atoms with Crippen LogP contribution >= 0.6 is 0 Å². The molecule has 0 radical (unpaired) electrons. The summed E-state index contributed by atoms with van der Waals surface area (Å²) < 4.78 is 5.93. The van der Waals surface area contributed by atoms with E-state index in [4.69, 9.17) is 4.74 Å². The van der Waals surface area contributed by atoms with Gasteiger partial charge < -0.3 is 15.4 Å².